The lowest BCUT2D eigenvalue weighted by molar-refractivity contribution is -0.149. The monoisotopic (exact) mass is 440 g/mol. The summed E-state index contributed by atoms with van der Waals surface area (Å²) < 4.78 is 18.3. The maximum Gasteiger partial charge on any atom is 0.331 e. The van der Waals surface area contributed by atoms with Crippen LogP contribution < -0.4 is 0 Å². The van der Waals surface area contributed by atoms with E-state index in [1.54, 1.807) is 34.8 Å². The summed E-state index contributed by atoms with van der Waals surface area (Å²) in [6.07, 6.45) is 3.22. The standard InChI is InChI=1S/C22H17FN2O3S2/c23-16-5-1-4-15(12-16)8-9-22(27)28-14-21(26)25-18(20-7-3-11-30-20)13-17(24-25)19-6-2-10-29-19/h1-12,18H,13-14H2/b9-8+. The molecule has 3 aromatic rings. The molecule has 152 valence electrons. The van der Waals surface area contributed by atoms with Crippen molar-refractivity contribution in [3.05, 3.63) is 86.5 Å². The molecule has 0 bridgehead atoms. The Bertz CT molecular complexity index is 1090. The van der Waals surface area contributed by atoms with Gasteiger partial charge in [0.2, 0.25) is 0 Å². The second kappa shape index (κ2) is 9.15. The fraction of sp³-hybridized carbons (Fsp3) is 0.136. The first-order valence-corrected chi connectivity index (χ1v) is 10.9. The van der Waals surface area contributed by atoms with E-state index >= 15 is 0 Å². The van der Waals surface area contributed by atoms with Gasteiger partial charge in [-0.1, -0.05) is 24.3 Å². The van der Waals surface area contributed by atoms with Crippen LogP contribution in [0.5, 0.6) is 0 Å². The normalized spacial score (nSPS) is 16.1. The number of thiophene rings is 2. The molecule has 0 saturated carbocycles. The number of carbonyl (C=O) groups is 2. The van der Waals surface area contributed by atoms with Crippen molar-refractivity contribution < 1.29 is 18.7 Å². The van der Waals surface area contributed by atoms with E-state index in [0.717, 1.165) is 15.5 Å². The number of hydrogen-bond donors (Lipinski definition) is 0. The summed E-state index contributed by atoms with van der Waals surface area (Å²) in [6.45, 7) is -0.421. The molecule has 1 amide bonds. The molecule has 0 radical (unpaired) electrons. The molecule has 30 heavy (non-hydrogen) atoms. The van der Waals surface area contributed by atoms with Crippen LogP contribution in [0.2, 0.25) is 0 Å². The minimum atomic E-state index is -0.679. The van der Waals surface area contributed by atoms with E-state index in [1.165, 1.54) is 29.3 Å². The molecule has 5 nitrogen and oxygen atoms in total. The summed E-state index contributed by atoms with van der Waals surface area (Å²) in [5.74, 6) is -1.47. The molecule has 8 heteroatoms. The van der Waals surface area contributed by atoms with Crippen LogP contribution in [-0.2, 0) is 14.3 Å². The van der Waals surface area contributed by atoms with Crippen LogP contribution in [0.3, 0.4) is 0 Å². The van der Waals surface area contributed by atoms with E-state index < -0.39 is 24.3 Å². The van der Waals surface area contributed by atoms with Gasteiger partial charge in [-0.05, 0) is 46.7 Å². The number of halogens is 1. The third-order valence-electron chi connectivity index (χ3n) is 4.44. The van der Waals surface area contributed by atoms with Gasteiger partial charge in [0.15, 0.2) is 6.61 Å². The van der Waals surface area contributed by atoms with Crippen LogP contribution in [0.4, 0.5) is 4.39 Å². The van der Waals surface area contributed by atoms with Crippen LogP contribution in [0.15, 0.2) is 70.5 Å². The highest BCUT2D eigenvalue weighted by molar-refractivity contribution is 7.12. The predicted molar refractivity (Wildman–Crippen MR) is 116 cm³/mol. The van der Waals surface area contributed by atoms with Crippen LogP contribution in [0.25, 0.3) is 6.08 Å². The fourth-order valence-electron chi connectivity index (χ4n) is 3.06. The first-order valence-electron chi connectivity index (χ1n) is 9.17. The zero-order chi connectivity index (χ0) is 20.9. The van der Waals surface area contributed by atoms with Gasteiger partial charge >= 0.3 is 5.97 Å². The van der Waals surface area contributed by atoms with Crippen molar-refractivity contribution in [2.75, 3.05) is 6.61 Å². The van der Waals surface area contributed by atoms with Crippen LogP contribution in [0.1, 0.15) is 27.8 Å². The lowest BCUT2D eigenvalue weighted by Crippen LogP contribution is -2.30. The van der Waals surface area contributed by atoms with Crippen LogP contribution in [-0.4, -0.2) is 29.2 Å². The molecule has 1 atom stereocenters. The van der Waals surface area contributed by atoms with Gasteiger partial charge in [-0.25, -0.2) is 14.2 Å². The lowest BCUT2D eigenvalue weighted by Gasteiger charge is -2.20. The number of nitrogens with zero attached hydrogens (tertiary/aromatic N) is 2. The Morgan fingerprint density at radius 3 is 2.73 bits per heavy atom. The van der Waals surface area contributed by atoms with Gasteiger partial charge in [0.1, 0.15) is 5.82 Å². The highest BCUT2D eigenvalue weighted by Gasteiger charge is 2.34. The second-order valence-electron chi connectivity index (χ2n) is 6.49. The molecule has 0 saturated heterocycles. The first-order chi connectivity index (χ1) is 14.6. The molecular weight excluding hydrogens is 423 g/mol. The van der Waals surface area contributed by atoms with Crippen molar-refractivity contribution in [2.45, 2.75) is 12.5 Å². The van der Waals surface area contributed by atoms with Crippen molar-refractivity contribution in [3.8, 4) is 0 Å². The highest BCUT2D eigenvalue weighted by atomic mass is 32.1. The van der Waals surface area contributed by atoms with Gasteiger partial charge in [0.05, 0.1) is 16.6 Å². The molecule has 0 N–H and O–H groups in total. The average Bonchev–Trinajstić information content (AvgIpc) is 3.50. The number of benzene rings is 1. The van der Waals surface area contributed by atoms with Crippen molar-refractivity contribution in [1.29, 1.82) is 0 Å². The summed E-state index contributed by atoms with van der Waals surface area (Å²) in [4.78, 5) is 26.8. The van der Waals surface area contributed by atoms with E-state index in [-0.39, 0.29) is 6.04 Å². The summed E-state index contributed by atoms with van der Waals surface area (Å²) in [5.41, 5.74) is 1.37. The Balaban J connectivity index is 1.42. The zero-order valence-corrected chi connectivity index (χ0v) is 17.4. The maximum absolute atomic E-state index is 13.2. The van der Waals surface area contributed by atoms with Gasteiger partial charge in [-0.3, -0.25) is 4.79 Å². The molecule has 2 aromatic heterocycles. The minimum absolute atomic E-state index is 0.212. The fourth-order valence-corrected chi connectivity index (χ4v) is 4.59. The van der Waals surface area contributed by atoms with Crippen LogP contribution in [0, 0.1) is 5.82 Å². The Kier molecular flexibility index (Phi) is 6.15. The number of hydrazone groups is 1. The Morgan fingerprint density at radius 1 is 1.17 bits per heavy atom. The van der Waals surface area contributed by atoms with E-state index in [0.29, 0.717) is 12.0 Å². The molecule has 3 heterocycles. The molecule has 1 aromatic carbocycles. The molecule has 1 aliphatic heterocycles. The summed E-state index contributed by atoms with van der Waals surface area (Å²) in [6, 6.07) is 13.4. The third-order valence-corrected chi connectivity index (χ3v) is 6.33. The topological polar surface area (TPSA) is 59.0 Å². The molecule has 0 fully saturated rings. The van der Waals surface area contributed by atoms with Crippen molar-refractivity contribution in [2.24, 2.45) is 5.10 Å². The molecule has 4 rings (SSSR count). The molecule has 0 spiro atoms. The van der Waals surface area contributed by atoms with Crippen molar-refractivity contribution in [3.63, 3.8) is 0 Å². The van der Waals surface area contributed by atoms with Gasteiger partial charge in [0, 0.05) is 17.4 Å². The maximum atomic E-state index is 13.2. The van der Waals surface area contributed by atoms with E-state index in [2.05, 4.69) is 5.10 Å². The van der Waals surface area contributed by atoms with E-state index in [1.807, 2.05) is 35.0 Å². The number of esters is 1. The SMILES string of the molecule is O=C(/C=C/c1cccc(F)c1)OCC(=O)N1N=C(c2cccs2)CC1c1cccs1. The second-order valence-corrected chi connectivity index (χ2v) is 8.42. The Hall–Kier alpha value is -3.10. The highest BCUT2D eigenvalue weighted by Crippen LogP contribution is 2.35. The van der Waals surface area contributed by atoms with Crippen LogP contribution >= 0.6 is 22.7 Å². The zero-order valence-electron chi connectivity index (χ0n) is 15.7. The quantitative estimate of drug-likeness (QED) is 0.405. The summed E-state index contributed by atoms with van der Waals surface area (Å²) >= 11 is 3.13. The predicted octanol–water partition coefficient (Wildman–Crippen LogP) is 4.88. The minimum Gasteiger partial charge on any atom is -0.452 e. The largest absolute Gasteiger partial charge is 0.452 e. The lowest BCUT2D eigenvalue weighted by atomic mass is 10.1. The van der Waals surface area contributed by atoms with E-state index in [9.17, 15) is 14.0 Å². The Labute approximate surface area is 180 Å². The van der Waals surface area contributed by atoms with Gasteiger partial charge in [0.25, 0.3) is 5.91 Å². The first kappa shape index (κ1) is 20.2. The number of carbonyl (C=O) groups excluding carboxylic acids is 2. The number of amides is 1. The summed E-state index contributed by atoms with van der Waals surface area (Å²) in [7, 11) is 0. The number of ether oxygens (including phenoxy) is 1. The number of rotatable bonds is 6. The molecule has 0 aliphatic carbocycles. The smallest absolute Gasteiger partial charge is 0.331 e. The van der Waals surface area contributed by atoms with Gasteiger partial charge in [-0.2, -0.15) is 5.10 Å². The van der Waals surface area contributed by atoms with Gasteiger partial charge < -0.3 is 4.74 Å². The number of hydrogen-bond acceptors (Lipinski definition) is 6. The van der Waals surface area contributed by atoms with Crippen molar-refractivity contribution in [1.82, 2.24) is 5.01 Å². The molecular formula is C22H17FN2O3S2. The van der Waals surface area contributed by atoms with Gasteiger partial charge in [-0.15, -0.1) is 22.7 Å². The Morgan fingerprint density at radius 2 is 2.00 bits per heavy atom. The molecule has 1 aliphatic rings. The van der Waals surface area contributed by atoms with Crippen molar-refractivity contribution >= 4 is 46.3 Å². The average molecular weight is 441 g/mol. The van der Waals surface area contributed by atoms with E-state index in [4.69, 9.17) is 4.74 Å². The molecule has 1 unspecified atom stereocenters. The third kappa shape index (κ3) is 4.72. The summed E-state index contributed by atoms with van der Waals surface area (Å²) in [5, 5.41) is 9.85.